The second-order valence-corrected chi connectivity index (χ2v) is 9.84. The minimum absolute atomic E-state index is 0.0000887. The van der Waals surface area contributed by atoms with Gasteiger partial charge in [-0.2, -0.15) is 0 Å². The Morgan fingerprint density at radius 1 is 0.912 bits per heavy atom. The average molecular weight is 482 g/mol. The number of ether oxygens (including phenoxy) is 2. The maximum Gasteiger partial charge on any atom is 0.255 e. The Balaban J connectivity index is 1.48. The molecule has 4 rings (SSSR count). The number of rotatable bonds is 7. The number of benzene rings is 3. The molecule has 0 aromatic heterocycles. The zero-order valence-corrected chi connectivity index (χ0v) is 19.4. The van der Waals surface area contributed by atoms with Crippen LogP contribution in [0, 0.1) is 0 Å². The quantitative estimate of drug-likeness (QED) is 0.537. The van der Waals surface area contributed by atoms with E-state index in [1.54, 1.807) is 36.4 Å². The summed E-state index contributed by atoms with van der Waals surface area (Å²) in [5.74, 6) is 0.368. The molecule has 1 aliphatic heterocycles. The highest BCUT2D eigenvalue weighted by Crippen LogP contribution is 2.32. The molecule has 3 aromatic carbocycles. The number of carbonyl (C=O) groups is 2. The monoisotopic (exact) mass is 481 g/mol. The summed E-state index contributed by atoms with van der Waals surface area (Å²) in [5.41, 5.74) is 1.56. The zero-order valence-electron chi connectivity index (χ0n) is 18.6. The SMILES string of the molecule is CN(C)S(=O)(=O)c1cccc(C(=O)Nc2ccccc2C(=O)NCc2ccc3c(c2)OCO3)c1. The number of sulfonamides is 1. The molecule has 0 bridgehead atoms. The van der Waals surface area contributed by atoms with Crippen LogP contribution in [0.5, 0.6) is 11.5 Å². The molecule has 176 valence electrons. The molecule has 0 aliphatic carbocycles. The van der Waals surface area contributed by atoms with Gasteiger partial charge in [0, 0.05) is 26.2 Å². The van der Waals surface area contributed by atoms with Crippen LogP contribution < -0.4 is 20.1 Å². The van der Waals surface area contributed by atoms with Crippen LogP contribution in [0.3, 0.4) is 0 Å². The zero-order chi connectivity index (χ0) is 24.3. The second kappa shape index (κ2) is 9.54. The van der Waals surface area contributed by atoms with Gasteiger partial charge in [0.25, 0.3) is 11.8 Å². The molecule has 2 N–H and O–H groups in total. The Morgan fingerprint density at radius 3 is 2.47 bits per heavy atom. The van der Waals surface area contributed by atoms with Crippen molar-refractivity contribution in [2.45, 2.75) is 11.4 Å². The van der Waals surface area contributed by atoms with Gasteiger partial charge in [-0.15, -0.1) is 0 Å². The maximum absolute atomic E-state index is 12.8. The lowest BCUT2D eigenvalue weighted by molar-refractivity contribution is 0.0951. The third-order valence-electron chi connectivity index (χ3n) is 5.18. The molecule has 0 spiro atoms. The summed E-state index contributed by atoms with van der Waals surface area (Å²) in [5, 5.41) is 5.53. The van der Waals surface area contributed by atoms with Gasteiger partial charge in [-0.1, -0.05) is 24.3 Å². The van der Waals surface area contributed by atoms with E-state index in [1.165, 1.54) is 38.4 Å². The third kappa shape index (κ3) is 4.87. The number of anilines is 1. The molecule has 0 unspecified atom stereocenters. The topological polar surface area (TPSA) is 114 Å². The smallest absolute Gasteiger partial charge is 0.255 e. The van der Waals surface area contributed by atoms with E-state index >= 15 is 0 Å². The normalized spacial score (nSPS) is 12.4. The van der Waals surface area contributed by atoms with Gasteiger partial charge in [-0.05, 0) is 48.0 Å². The summed E-state index contributed by atoms with van der Waals surface area (Å²) in [6.45, 7) is 0.421. The van der Waals surface area contributed by atoms with Crippen molar-refractivity contribution in [1.29, 1.82) is 0 Å². The molecule has 0 fully saturated rings. The minimum atomic E-state index is -3.69. The lowest BCUT2D eigenvalue weighted by Crippen LogP contribution is -2.25. The number of fused-ring (bicyclic) bond motifs is 1. The van der Waals surface area contributed by atoms with Gasteiger partial charge in [0.15, 0.2) is 11.5 Å². The number of carbonyl (C=O) groups excluding carboxylic acids is 2. The van der Waals surface area contributed by atoms with E-state index < -0.39 is 15.9 Å². The fourth-order valence-electron chi connectivity index (χ4n) is 3.32. The summed E-state index contributed by atoms with van der Waals surface area (Å²) in [6.07, 6.45) is 0. The fourth-order valence-corrected chi connectivity index (χ4v) is 4.27. The molecule has 10 heteroatoms. The van der Waals surface area contributed by atoms with Crippen LogP contribution in [0.25, 0.3) is 0 Å². The Bertz CT molecular complexity index is 1350. The van der Waals surface area contributed by atoms with Crippen LogP contribution in [0.4, 0.5) is 5.69 Å². The molecule has 9 nitrogen and oxygen atoms in total. The van der Waals surface area contributed by atoms with Crippen molar-refractivity contribution in [2.24, 2.45) is 0 Å². The van der Waals surface area contributed by atoms with E-state index in [1.807, 2.05) is 6.07 Å². The van der Waals surface area contributed by atoms with E-state index in [-0.39, 0.29) is 35.3 Å². The molecule has 2 amide bonds. The van der Waals surface area contributed by atoms with Gasteiger partial charge in [0.2, 0.25) is 16.8 Å². The first-order chi connectivity index (χ1) is 16.3. The summed E-state index contributed by atoms with van der Waals surface area (Å²) in [6, 6.07) is 17.7. The first-order valence-corrected chi connectivity index (χ1v) is 11.8. The van der Waals surface area contributed by atoms with Crippen molar-refractivity contribution < 1.29 is 27.5 Å². The Kier molecular flexibility index (Phi) is 6.53. The summed E-state index contributed by atoms with van der Waals surface area (Å²) in [7, 11) is -0.858. The van der Waals surface area contributed by atoms with Crippen molar-refractivity contribution in [1.82, 2.24) is 9.62 Å². The molecule has 0 atom stereocenters. The van der Waals surface area contributed by atoms with E-state index in [4.69, 9.17) is 9.47 Å². The number of nitrogens with one attached hydrogen (secondary N) is 2. The molecular formula is C24H23N3O6S. The predicted molar refractivity (Wildman–Crippen MR) is 125 cm³/mol. The van der Waals surface area contributed by atoms with E-state index in [2.05, 4.69) is 10.6 Å². The van der Waals surface area contributed by atoms with Gasteiger partial charge in [-0.3, -0.25) is 9.59 Å². The molecule has 0 radical (unpaired) electrons. The van der Waals surface area contributed by atoms with Crippen molar-refractivity contribution in [3.8, 4) is 11.5 Å². The van der Waals surface area contributed by atoms with E-state index in [0.717, 1.165) is 9.87 Å². The highest BCUT2D eigenvalue weighted by Gasteiger charge is 2.20. The number of hydrogen-bond acceptors (Lipinski definition) is 6. The van der Waals surface area contributed by atoms with Crippen LogP contribution in [0.15, 0.2) is 71.6 Å². The van der Waals surface area contributed by atoms with E-state index in [9.17, 15) is 18.0 Å². The van der Waals surface area contributed by atoms with Gasteiger partial charge in [0.1, 0.15) is 0 Å². The summed E-state index contributed by atoms with van der Waals surface area (Å²) in [4.78, 5) is 25.7. The molecule has 34 heavy (non-hydrogen) atoms. The van der Waals surface area contributed by atoms with Gasteiger partial charge in [-0.25, -0.2) is 12.7 Å². The third-order valence-corrected chi connectivity index (χ3v) is 7.00. The fraction of sp³-hybridized carbons (Fsp3) is 0.167. The van der Waals surface area contributed by atoms with E-state index in [0.29, 0.717) is 17.2 Å². The van der Waals surface area contributed by atoms with Crippen LogP contribution in [-0.2, 0) is 16.6 Å². The molecule has 0 saturated carbocycles. The predicted octanol–water partition coefficient (Wildman–Crippen LogP) is 2.85. The second-order valence-electron chi connectivity index (χ2n) is 7.69. The van der Waals surface area contributed by atoms with Crippen molar-refractivity contribution in [3.63, 3.8) is 0 Å². The number of amides is 2. The van der Waals surface area contributed by atoms with Crippen LogP contribution in [0.1, 0.15) is 26.3 Å². The van der Waals surface area contributed by atoms with Crippen molar-refractivity contribution in [3.05, 3.63) is 83.4 Å². The maximum atomic E-state index is 12.8. The standard InChI is InChI=1S/C24H23N3O6S/c1-27(2)34(30,31)18-7-5-6-17(13-18)23(28)26-20-9-4-3-8-19(20)24(29)25-14-16-10-11-21-22(12-16)33-15-32-21/h3-13H,14-15H2,1-2H3,(H,25,29)(H,26,28). The molecule has 3 aromatic rings. The number of para-hydroxylation sites is 1. The van der Waals surface area contributed by atoms with Crippen LogP contribution >= 0.6 is 0 Å². The Labute approximate surface area is 197 Å². The Morgan fingerprint density at radius 2 is 1.68 bits per heavy atom. The van der Waals surface area contributed by atoms with Gasteiger partial charge >= 0.3 is 0 Å². The first-order valence-electron chi connectivity index (χ1n) is 10.4. The molecule has 1 aliphatic rings. The highest BCUT2D eigenvalue weighted by molar-refractivity contribution is 7.89. The summed E-state index contributed by atoms with van der Waals surface area (Å²) >= 11 is 0. The van der Waals surface area contributed by atoms with Crippen LogP contribution in [0.2, 0.25) is 0 Å². The number of nitrogens with zero attached hydrogens (tertiary/aromatic N) is 1. The average Bonchev–Trinajstić information content (AvgIpc) is 3.31. The Hall–Kier alpha value is -3.89. The number of hydrogen-bond donors (Lipinski definition) is 2. The molecular weight excluding hydrogens is 458 g/mol. The minimum Gasteiger partial charge on any atom is -0.454 e. The van der Waals surface area contributed by atoms with Crippen molar-refractivity contribution >= 4 is 27.5 Å². The summed E-state index contributed by atoms with van der Waals surface area (Å²) < 4.78 is 36.5. The van der Waals surface area contributed by atoms with Gasteiger partial charge < -0.3 is 20.1 Å². The lowest BCUT2D eigenvalue weighted by Gasteiger charge is -2.14. The lowest BCUT2D eigenvalue weighted by atomic mass is 10.1. The van der Waals surface area contributed by atoms with Crippen molar-refractivity contribution in [2.75, 3.05) is 26.2 Å². The highest BCUT2D eigenvalue weighted by atomic mass is 32.2. The van der Waals surface area contributed by atoms with Crippen LogP contribution in [-0.4, -0.2) is 45.4 Å². The van der Waals surface area contributed by atoms with Gasteiger partial charge in [0.05, 0.1) is 16.1 Å². The molecule has 0 saturated heterocycles. The molecule has 1 heterocycles. The largest absolute Gasteiger partial charge is 0.454 e. The first kappa shape index (κ1) is 23.3.